The zero-order valence-electron chi connectivity index (χ0n) is 10.8. The molecule has 5 nitrogen and oxygen atoms in total. The van der Waals surface area contributed by atoms with Crippen LogP contribution >= 0.6 is 0 Å². The van der Waals surface area contributed by atoms with Crippen molar-refractivity contribution in [3.63, 3.8) is 0 Å². The van der Waals surface area contributed by atoms with Crippen LogP contribution in [0.3, 0.4) is 0 Å². The molecule has 1 aliphatic rings. The third-order valence-corrected chi connectivity index (χ3v) is 5.36. The topological polar surface area (TPSA) is 74.7 Å². The Hall–Kier alpha value is -0.460. The van der Waals surface area contributed by atoms with Crippen molar-refractivity contribution in [3.05, 3.63) is 0 Å². The van der Waals surface area contributed by atoms with Crippen molar-refractivity contribution in [2.45, 2.75) is 51.5 Å². The van der Waals surface area contributed by atoms with Gasteiger partial charge in [-0.15, -0.1) is 0 Å². The van der Waals surface area contributed by atoms with E-state index in [0.29, 0.717) is 6.42 Å². The van der Waals surface area contributed by atoms with Crippen LogP contribution in [0.2, 0.25) is 0 Å². The molecule has 0 aromatic rings. The predicted octanol–water partition coefficient (Wildman–Crippen LogP) is 0.385. The molecule has 0 spiro atoms. The molecule has 1 aliphatic heterocycles. The van der Waals surface area contributed by atoms with Crippen molar-refractivity contribution < 1.29 is 18.3 Å². The van der Waals surface area contributed by atoms with Gasteiger partial charge in [0.1, 0.15) is 6.04 Å². The van der Waals surface area contributed by atoms with Crippen molar-refractivity contribution in [1.29, 1.82) is 0 Å². The highest BCUT2D eigenvalue weighted by molar-refractivity contribution is 7.89. The van der Waals surface area contributed by atoms with Gasteiger partial charge in [0, 0.05) is 12.5 Å². The minimum atomic E-state index is -3.48. The quantitative estimate of drug-likeness (QED) is 0.796. The number of carbonyl (C=O) groups excluding carboxylic acids is 1. The van der Waals surface area contributed by atoms with E-state index in [2.05, 4.69) is 0 Å². The van der Waals surface area contributed by atoms with Crippen LogP contribution in [0.5, 0.6) is 0 Å². The fourth-order valence-electron chi connectivity index (χ4n) is 1.98. The van der Waals surface area contributed by atoms with Crippen LogP contribution in [0.25, 0.3) is 0 Å². The van der Waals surface area contributed by atoms with E-state index in [1.807, 2.05) is 0 Å². The van der Waals surface area contributed by atoms with Crippen LogP contribution in [0.1, 0.15) is 34.1 Å². The average Bonchev–Trinajstić information content (AvgIpc) is 2.59. The molecule has 17 heavy (non-hydrogen) atoms. The second kappa shape index (κ2) is 5.04. The number of aliphatic hydroxyl groups is 1. The van der Waals surface area contributed by atoms with Crippen molar-refractivity contribution in [2.75, 3.05) is 6.54 Å². The van der Waals surface area contributed by atoms with Gasteiger partial charge in [-0.1, -0.05) is 13.8 Å². The Balaban J connectivity index is 3.05. The Bertz CT molecular complexity index is 388. The van der Waals surface area contributed by atoms with E-state index in [1.165, 1.54) is 4.31 Å². The van der Waals surface area contributed by atoms with Crippen LogP contribution < -0.4 is 0 Å². The van der Waals surface area contributed by atoms with E-state index in [-0.39, 0.29) is 18.2 Å². The number of hydrogen-bond donors (Lipinski definition) is 1. The molecule has 0 aromatic carbocycles. The number of aliphatic hydroxyl groups excluding tert-OH is 1. The molecule has 0 aliphatic carbocycles. The molecule has 100 valence electrons. The lowest BCUT2D eigenvalue weighted by Crippen LogP contribution is -2.48. The molecule has 1 heterocycles. The molecule has 1 fully saturated rings. The van der Waals surface area contributed by atoms with Crippen LogP contribution in [0.15, 0.2) is 0 Å². The standard InChI is InChI=1S/C11H21NO4S/c1-7(2)11(14)10-9(13)5-6-12(10)17(15,16)8(3)4/h7-10,13H,5-6H2,1-4H3/t9?,10-/m0/s1. The SMILES string of the molecule is CC(C)C(=O)[C@@H]1C(O)CCN1S(=O)(=O)C(C)C. The first-order chi connectivity index (χ1) is 7.69. The lowest BCUT2D eigenvalue weighted by molar-refractivity contribution is -0.127. The fourth-order valence-corrected chi connectivity index (χ4v) is 3.44. The van der Waals surface area contributed by atoms with Gasteiger partial charge in [0.2, 0.25) is 10.0 Å². The van der Waals surface area contributed by atoms with E-state index in [0.717, 1.165) is 0 Å². The van der Waals surface area contributed by atoms with Gasteiger partial charge in [0.25, 0.3) is 0 Å². The third-order valence-electron chi connectivity index (χ3n) is 3.10. The van der Waals surface area contributed by atoms with E-state index in [4.69, 9.17) is 0 Å². The molecule has 1 rings (SSSR count). The number of carbonyl (C=O) groups is 1. The summed E-state index contributed by atoms with van der Waals surface area (Å²) < 4.78 is 25.3. The first-order valence-electron chi connectivity index (χ1n) is 5.92. The van der Waals surface area contributed by atoms with Gasteiger partial charge in [-0.2, -0.15) is 4.31 Å². The van der Waals surface area contributed by atoms with E-state index in [1.54, 1.807) is 27.7 Å². The summed E-state index contributed by atoms with van der Waals surface area (Å²) in [6, 6.07) is -0.901. The molecular weight excluding hydrogens is 242 g/mol. The van der Waals surface area contributed by atoms with Gasteiger partial charge in [0.15, 0.2) is 5.78 Å². The van der Waals surface area contributed by atoms with Crippen LogP contribution in [-0.4, -0.2) is 47.6 Å². The Labute approximate surface area is 103 Å². The number of Topliss-reactive ketones (excluding diaryl/α,β-unsaturated/α-hetero) is 1. The molecule has 0 bridgehead atoms. The van der Waals surface area contributed by atoms with Crippen molar-refractivity contribution in [2.24, 2.45) is 5.92 Å². The Morgan fingerprint density at radius 2 is 1.82 bits per heavy atom. The molecule has 1 unspecified atom stereocenters. The van der Waals surface area contributed by atoms with Crippen molar-refractivity contribution in [1.82, 2.24) is 4.31 Å². The van der Waals surface area contributed by atoms with Crippen molar-refractivity contribution in [3.8, 4) is 0 Å². The molecule has 0 saturated carbocycles. The average molecular weight is 263 g/mol. The monoisotopic (exact) mass is 263 g/mol. The van der Waals surface area contributed by atoms with E-state index < -0.39 is 27.4 Å². The predicted molar refractivity (Wildman–Crippen MR) is 65.0 cm³/mol. The minimum Gasteiger partial charge on any atom is -0.391 e. The zero-order chi connectivity index (χ0) is 13.4. The second-order valence-corrected chi connectivity index (χ2v) is 7.50. The zero-order valence-corrected chi connectivity index (χ0v) is 11.6. The molecule has 6 heteroatoms. The van der Waals surface area contributed by atoms with Gasteiger partial charge >= 0.3 is 0 Å². The van der Waals surface area contributed by atoms with Crippen LogP contribution in [0.4, 0.5) is 0 Å². The number of hydrogen-bond acceptors (Lipinski definition) is 4. The molecule has 0 aromatic heterocycles. The summed E-state index contributed by atoms with van der Waals surface area (Å²) in [7, 11) is -3.48. The molecule has 1 saturated heterocycles. The highest BCUT2D eigenvalue weighted by Gasteiger charge is 2.45. The maximum atomic E-state index is 12.1. The molecule has 0 amide bonds. The molecular formula is C11H21NO4S. The highest BCUT2D eigenvalue weighted by Crippen LogP contribution is 2.26. The maximum Gasteiger partial charge on any atom is 0.217 e. The van der Waals surface area contributed by atoms with E-state index >= 15 is 0 Å². The largest absolute Gasteiger partial charge is 0.391 e. The van der Waals surface area contributed by atoms with Gasteiger partial charge in [0.05, 0.1) is 11.4 Å². The summed E-state index contributed by atoms with van der Waals surface area (Å²) in [5.74, 6) is -0.489. The first kappa shape index (κ1) is 14.6. The smallest absolute Gasteiger partial charge is 0.217 e. The fraction of sp³-hybridized carbons (Fsp3) is 0.909. The lowest BCUT2D eigenvalue weighted by Gasteiger charge is -2.27. The van der Waals surface area contributed by atoms with Crippen molar-refractivity contribution >= 4 is 15.8 Å². The number of ketones is 1. The number of rotatable bonds is 4. The number of sulfonamides is 1. The van der Waals surface area contributed by atoms with Gasteiger partial charge in [-0.25, -0.2) is 8.42 Å². The minimum absolute atomic E-state index is 0.209. The molecule has 1 N–H and O–H groups in total. The summed E-state index contributed by atoms with van der Waals surface area (Å²) in [4.78, 5) is 12.0. The Morgan fingerprint density at radius 3 is 2.24 bits per heavy atom. The van der Waals surface area contributed by atoms with E-state index in [9.17, 15) is 18.3 Å². The Kier molecular flexibility index (Phi) is 4.33. The van der Waals surface area contributed by atoms with Crippen LogP contribution in [0, 0.1) is 5.92 Å². The van der Waals surface area contributed by atoms with Gasteiger partial charge < -0.3 is 5.11 Å². The lowest BCUT2D eigenvalue weighted by atomic mass is 9.99. The first-order valence-corrected chi connectivity index (χ1v) is 7.42. The van der Waals surface area contributed by atoms with Gasteiger partial charge in [-0.05, 0) is 20.3 Å². The molecule has 0 radical (unpaired) electrons. The summed E-state index contributed by atoms with van der Waals surface area (Å²) in [5.41, 5.74) is 0. The molecule has 2 atom stereocenters. The third kappa shape index (κ3) is 2.69. The summed E-state index contributed by atoms with van der Waals surface area (Å²) in [6.45, 7) is 6.82. The summed E-state index contributed by atoms with van der Waals surface area (Å²) in [5, 5.41) is 9.22. The summed E-state index contributed by atoms with van der Waals surface area (Å²) in [6.07, 6.45) is -0.548. The normalized spacial score (nSPS) is 27.0. The number of nitrogens with zero attached hydrogens (tertiary/aromatic N) is 1. The second-order valence-electron chi connectivity index (χ2n) is 5.06. The Morgan fingerprint density at radius 1 is 1.29 bits per heavy atom. The van der Waals surface area contributed by atoms with Gasteiger partial charge in [-0.3, -0.25) is 4.79 Å². The highest BCUT2D eigenvalue weighted by atomic mass is 32.2. The van der Waals surface area contributed by atoms with Crippen LogP contribution in [-0.2, 0) is 14.8 Å². The maximum absolute atomic E-state index is 12.1. The summed E-state index contributed by atoms with van der Waals surface area (Å²) >= 11 is 0.